The molecule has 6 nitrogen and oxygen atoms in total. The lowest BCUT2D eigenvalue weighted by Crippen LogP contribution is -2.33. The Morgan fingerprint density at radius 1 is 1.06 bits per heavy atom. The standard InChI is InChI=1S/C23H28FN3O3S2.ClH/c1-26(2)13-5-14-27(20(28)12-15-31-17-8-6-16(24)7-9-17)23-25-21-18(29-3)10-11-19(30-4)22(21)32-23;/h6-11H,5,12-15H2,1-4H3;1H. The Bertz CT molecular complexity index is 1010. The number of nitrogens with zero attached hydrogens (tertiary/aromatic N) is 3. The molecule has 10 heteroatoms. The van der Waals surface area contributed by atoms with Crippen LogP contribution in [0.1, 0.15) is 12.8 Å². The largest absolute Gasteiger partial charge is 0.495 e. The van der Waals surface area contributed by atoms with E-state index in [0.717, 1.165) is 22.6 Å². The van der Waals surface area contributed by atoms with E-state index in [2.05, 4.69) is 4.90 Å². The summed E-state index contributed by atoms with van der Waals surface area (Å²) in [6.45, 7) is 1.44. The summed E-state index contributed by atoms with van der Waals surface area (Å²) in [5, 5.41) is 0.637. The fourth-order valence-electron chi connectivity index (χ4n) is 3.18. The number of hydrogen-bond acceptors (Lipinski definition) is 7. The van der Waals surface area contributed by atoms with E-state index in [1.165, 1.54) is 35.2 Å². The first kappa shape index (κ1) is 27.2. The average molecular weight is 514 g/mol. The van der Waals surface area contributed by atoms with Crippen LogP contribution in [0.25, 0.3) is 10.2 Å². The highest BCUT2D eigenvalue weighted by atomic mass is 35.5. The molecule has 3 rings (SSSR count). The monoisotopic (exact) mass is 513 g/mol. The van der Waals surface area contributed by atoms with Crippen molar-refractivity contribution in [2.24, 2.45) is 0 Å². The molecule has 0 saturated heterocycles. The predicted octanol–water partition coefficient (Wildman–Crippen LogP) is 5.34. The molecule has 1 aromatic heterocycles. The van der Waals surface area contributed by atoms with Crippen LogP contribution in [0.4, 0.5) is 9.52 Å². The van der Waals surface area contributed by atoms with Gasteiger partial charge < -0.3 is 14.4 Å². The van der Waals surface area contributed by atoms with E-state index < -0.39 is 0 Å². The summed E-state index contributed by atoms with van der Waals surface area (Å²) < 4.78 is 24.9. The molecule has 0 atom stereocenters. The van der Waals surface area contributed by atoms with Crippen LogP contribution in [0.15, 0.2) is 41.3 Å². The van der Waals surface area contributed by atoms with Crippen LogP contribution in [0.5, 0.6) is 11.5 Å². The highest BCUT2D eigenvalue weighted by Gasteiger charge is 2.22. The van der Waals surface area contributed by atoms with Crippen molar-refractivity contribution in [3.8, 4) is 11.5 Å². The number of ether oxygens (including phenoxy) is 2. The molecule has 3 aromatic rings. The summed E-state index contributed by atoms with van der Waals surface area (Å²) >= 11 is 2.97. The second-order valence-corrected chi connectivity index (χ2v) is 9.54. The summed E-state index contributed by atoms with van der Waals surface area (Å²) in [6.07, 6.45) is 1.18. The molecule has 0 aliphatic heterocycles. The fraction of sp³-hybridized carbons (Fsp3) is 0.391. The van der Waals surface area contributed by atoms with E-state index in [-0.39, 0.29) is 24.1 Å². The molecule has 0 unspecified atom stereocenters. The molecule has 180 valence electrons. The molecule has 33 heavy (non-hydrogen) atoms. The van der Waals surface area contributed by atoms with Crippen molar-refractivity contribution in [2.45, 2.75) is 17.7 Å². The summed E-state index contributed by atoms with van der Waals surface area (Å²) in [6, 6.07) is 9.99. The van der Waals surface area contributed by atoms with Crippen LogP contribution in [0, 0.1) is 5.82 Å². The van der Waals surface area contributed by atoms with Gasteiger partial charge in [0.25, 0.3) is 0 Å². The second-order valence-electron chi connectivity index (χ2n) is 7.40. The molecule has 2 aromatic carbocycles. The Kier molecular flexibility index (Phi) is 10.7. The Hall–Kier alpha value is -2.07. The molecule has 0 bridgehead atoms. The molecular weight excluding hydrogens is 485 g/mol. The molecular formula is C23H29ClFN3O3S2. The number of aromatic nitrogens is 1. The van der Waals surface area contributed by atoms with Crippen molar-refractivity contribution in [2.75, 3.05) is 52.1 Å². The lowest BCUT2D eigenvalue weighted by molar-refractivity contribution is -0.118. The van der Waals surface area contributed by atoms with Gasteiger partial charge in [-0.25, -0.2) is 9.37 Å². The van der Waals surface area contributed by atoms with E-state index in [0.29, 0.717) is 40.9 Å². The summed E-state index contributed by atoms with van der Waals surface area (Å²) in [5.41, 5.74) is 0.693. The van der Waals surface area contributed by atoms with Gasteiger partial charge in [0.1, 0.15) is 27.5 Å². The second kappa shape index (κ2) is 13.0. The average Bonchev–Trinajstić information content (AvgIpc) is 3.22. The minimum absolute atomic E-state index is 0. The number of thioether (sulfide) groups is 1. The van der Waals surface area contributed by atoms with E-state index in [1.807, 2.05) is 26.2 Å². The molecule has 0 N–H and O–H groups in total. The SMILES string of the molecule is COc1ccc(OC)c2sc(N(CCCN(C)C)C(=O)CCSc3ccc(F)cc3)nc12.Cl. The lowest BCUT2D eigenvalue weighted by atomic mass is 10.3. The zero-order valence-corrected chi connectivity index (χ0v) is 21.6. The van der Waals surface area contributed by atoms with E-state index in [1.54, 1.807) is 31.3 Å². The van der Waals surface area contributed by atoms with E-state index >= 15 is 0 Å². The van der Waals surface area contributed by atoms with Crippen molar-refractivity contribution >= 4 is 56.8 Å². The summed E-state index contributed by atoms with van der Waals surface area (Å²) in [5.74, 6) is 1.70. The summed E-state index contributed by atoms with van der Waals surface area (Å²) in [4.78, 5) is 22.7. The van der Waals surface area contributed by atoms with Gasteiger partial charge in [0.05, 0.1) is 14.2 Å². The van der Waals surface area contributed by atoms with Crippen LogP contribution >= 0.6 is 35.5 Å². The third-order valence-corrected chi connectivity index (χ3v) is 6.92. The third kappa shape index (κ3) is 7.20. The molecule has 0 spiro atoms. The smallest absolute Gasteiger partial charge is 0.229 e. The lowest BCUT2D eigenvalue weighted by Gasteiger charge is -2.21. The molecule has 1 amide bonds. The van der Waals surface area contributed by atoms with Crippen molar-refractivity contribution in [1.29, 1.82) is 0 Å². The summed E-state index contributed by atoms with van der Waals surface area (Å²) in [7, 11) is 7.25. The van der Waals surface area contributed by atoms with Gasteiger partial charge >= 0.3 is 0 Å². The number of carbonyl (C=O) groups is 1. The molecule has 0 fully saturated rings. The highest BCUT2D eigenvalue weighted by Crippen LogP contribution is 2.40. The number of anilines is 1. The zero-order chi connectivity index (χ0) is 23.1. The normalized spacial score (nSPS) is 10.8. The first-order valence-electron chi connectivity index (χ1n) is 10.3. The van der Waals surface area contributed by atoms with Crippen molar-refractivity contribution in [3.05, 3.63) is 42.2 Å². The quantitative estimate of drug-likeness (QED) is 0.322. The maximum Gasteiger partial charge on any atom is 0.229 e. The van der Waals surface area contributed by atoms with Gasteiger partial charge in [-0.3, -0.25) is 9.69 Å². The Labute approximate surface area is 208 Å². The van der Waals surface area contributed by atoms with Crippen LogP contribution < -0.4 is 14.4 Å². The van der Waals surface area contributed by atoms with Gasteiger partial charge in [0.2, 0.25) is 5.91 Å². The van der Waals surface area contributed by atoms with E-state index in [9.17, 15) is 9.18 Å². The van der Waals surface area contributed by atoms with Crippen molar-refractivity contribution in [3.63, 3.8) is 0 Å². The van der Waals surface area contributed by atoms with Crippen LogP contribution in [-0.2, 0) is 4.79 Å². The van der Waals surface area contributed by atoms with Gasteiger partial charge in [-0.2, -0.15) is 0 Å². The highest BCUT2D eigenvalue weighted by molar-refractivity contribution is 7.99. The number of methoxy groups -OCH3 is 2. The van der Waals surface area contributed by atoms with Gasteiger partial charge in [-0.1, -0.05) is 11.3 Å². The van der Waals surface area contributed by atoms with Crippen LogP contribution in [0.2, 0.25) is 0 Å². The Morgan fingerprint density at radius 3 is 2.36 bits per heavy atom. The Balaban J connectivity index is 0.00000385. The zero-order valence-electron chi connectivity index (χ0n) is 19.2. The van der Waals surface area contributed by atoms with Crippen LogP contribution in [-0.4, -0.2) is 62.9 Å². The maximum atomic E-state index is 13.2. The van der Waals surface area contributed by atoms with E-state index in [4.69, 9.17) is 14.5 Å². The van der Waals surface area contributed by atoms with Gasteiger partial charge in [0.15, 0.2) is 5.13 Å². The number of fused-ring (bicyclic) bond motifs is 1. The van der Waals surface area contributed by atoms with Crippen molar-refractivity contribution in [1.82, 2.24) is 9.88 Å². The number of amides is 1. The number of carbonyl (C=O) groups excluding carboxylic acids is 1. The maximum absolute atomic E-state index is 13.2. The number of benzene rings is 2. The first-order chi connectivity index (χ1) is 15.4. The number of thiazole rings is 1. The molecule has 0 radical (unpaired) electrons. The fourth-order valence-corrected chi connectivity index (χ4v) is 5.14. The van der Waals surface area contributed by atoms with Gasteiger partial charge in [-0.05, 0) is 63.5 Å². The first-order valence-corrected chi connectivity index (χ1v) is 12.1. The third-order valence-electron chi connectivity index (χ3n) is 4.82. The molecule has 0 saturated carbocycles. The molecule has 0 aliphatic carbocycles. The minimum atomic E-state index is -0.265. The van der Waals surface area contributed by atoms with Crippen molar-refractivity contribution < 1.29 is 18.7 Å². The van der Waals surface area contributed by atoms with Gasteiger partial charge in [0, 0.05) is 23.6 Å². The number of rotatable bonds is 11. The minimum Gasteiger partial charge on any atom is -0.495 e. The topological polar surface area (TPSA) is 54.9 Å². The Morgan fingerprint density at radius 2 is 1.73 bits per heavy atom. The van der Waals surface area contributed by atoms with Crippen LogP contribution in [0.3, 0.4) is 0 Å². The molecule has 1 heterocycles. The number of halogens is 2. The predicted molar refractivity (Wildman–Crippen MR) is 137 cm³/mol. The van der Waals surface area contributed by atoms with Gasteiger partial charge in [-0.15, -0.1) is 24.2 Å². The molecule has 0 aliphatic rings. The number of hydrogen-bond donors (Lipinski definition) is 0.